The van der Waals surface area contributed by atoms with Gasteiger partial charge in [-0.05, 0) is 68.6 Å². The minimum absolute atomic E-state index is 0.215. The summed E-state index contributed by atoms with van der Waals surface area (Å²) in [5.74, 6) is 0.633. The smallest absolute Gasteiger partial charge is 0.224 e. The highest BCUT2D eigenvalue weighted by atomic mass is 35.5. The van der Waals surface area contributed by atoms with Gasteiger partial charge in [0.15, 0.2) is 0 Å². The molecule has 0 atom stereocenters. The molecule has 0 bridgehead atoms. The summed E-state index contributed by atoms with van der Waals surface area (Å²) < 4.78 is 0. The second kappa shape index (κ2) is 7.32. The molecule has 7 heteroatoms. The molecule has 1 N–H and O–H groups in total. The lowest BCUT2D eigenvalue weighted by Crippen LogP contribution is -2.44. The van der Waals surface area contributed by atoms with E-state index < -0.39 is 0 Å². The Balaban J connectivity index is 1.53. The number of aldehydes is 1. The maximum atomic E-state index is 10.6. The van der Waals surface area contributed by atoms with Gasteiger partial charge in [0.2, 0.25) is 5.28 Å². The molecule has 5 nitrogen and oxygen atoms in total. The van der Waals surface area contributed by atoms with Crippen molar-refractivity contribution >= 4 is 35.3 Å². The normalized spacial score (nSPS) is 22.2. The second-order valence-corrected chi connectivity index (χ2v) is 7.47. The van der Waals surface area contributed by atoms with Gasteiger partial charge < -0.3 is 10.1 Å². The number of rotatable bonds is 4. The van der Waals surface area contributed by atoms with E-state index in [4.69, 9.17) is 23.2 Å². The number of hydrogen-bond donors (Lipinski definition) is 1. The average Bonchev–Trinajstić information content (AvgIpc) is 2.56. The van der Waals surface area contributed by atoms with E-state index in [0.29, 0.717) is 28.8 Å². The summed E-state index contributed by atoms with van der Waals surface area (Å²) in [6.07, 6.45) is 9.62. The molecule has 1 spiro atoms. The van der Waals surface area contributed by atoms with Crippen molar-refractivity contribution in [2.45, 2.75) is 44.6 Å². The highest BCUT2D eigenvalue weighted by Crippen LogP contribution is 2.45. The molecule has 1 saturated carbocycles. The van der Waals surface area contributed by atoms with E-state index in [-0.39, 0.29) is 5.28 Å². The highest BCUT2D eigenvalue weighted by Gasteiger charge is 2.38. The van der Waals surface area contributed by atoms with E-state index in [1.165, 1.54) is 31.9 Å². The average molecular weight is 357 g/mol. The van der Waals surface area contributed by atoms with Gasteiger partial charge in [0, 0.05) is 6.04 Å². The third kappa shape index (κ3) is 4.14. The maximum absolute atomic E-state index is 10.6. The van der Waals surface area contributed by atoms with Crippen molar-refractivity contribution in [3.63, 3.8) is 0 Å². The molecule has 0 radical (unpaired) electrons. The zero-order valence-corrected chi connectivity index (χ0v) is 14.6. The van der Waals surface area contributed by atoms with Gasteiger partial charge in [0.25, 0.3) is 0 Å². The van der Waals surface area contributed by atoms with Crippen molar-refractivity contribution < 1.29 is 4.79 Å². The van der Waals surface area contributed by atoms with Crippen LogP contribution in [0.4, 0.5) is 5.82 Å². The zero-order valence-electron chi connectivity index (χ0n) is 13.1. The number of aromatic nitrogens is 2. The molecular weight excluding hydrogens is 335 g/mol. The Labute approximate surface area is 146 Å². The summed E-state index contributed by atoms with van der Waals surface area (Å²) in [5.41, 5.74) is 0.463. The predicted octanol–water partition coefficient (Wildman–Crippen LogP) is 3.42. The van der Waals surface area contributed by atoms with Gasteiger partial charge in [-0.15, -0.1) is 0 Å². The third-order valence-electron chi connectivity index (χ3n) is 5.35. The van der Waals surface area contributed by atoms with Crippen LogP contribution in [0.3, 0.4) is 0 Å². The Morgan fingerprint density at radius 1 is 1.26 bits per heavy atom. The van der Waals surface area contributed by atoms with Crippen LogP contribution in [0, 0.1) is 5.41 Å². The van der Waals surface area contributed by atoms with Crippen molar-refractivity contribution in [3.05, 3.63) is 16.5 Å². The fraction of sp³-hybridized carbons (Fsp3) is 0.688. The standard InChI is InChI=1S/C16H22Cl2N4O/c17-13-11-19-15(18)21-14(13)20-12-1-3-16(4-2-12)5-7-22(8-6-16)9-10-23/h10-12H,1-9H2,(H,19,20,21). The lowest BCUT2D eigenvalue weighted by atomic mass is 9.67. The first-order valence-corrected chi connectivity index (χ1v) is 8.96. The minimum atomic E-state index is 0.215. The van der Waals surface area contributed by atoms with Crippen molar-refractivity contribution in [3.8, 4) is 0 Å². The van der Waals surface area contributed by atoms with E-state index in [1.807, 2.05) is 0 Å². The van der Waals surface area contributed by atoms with Crippen molar-refractivity contribution in [2.24, 2.45) is 5.41 Å². The Hall–Kier alpha value is -0.910. The fourth-order valence-electron chi connectivity index (χ4n) is 3.83. The van der Waals surface area contributed by atoms with Gasteiger partial charge in [0.1, 0.15) is 17.1 Å². The van der Waals surface area contributed by atoms with Crippen LogP contribution in [0.5, 0.6) is 0 Å². The van der Waals surface area contributed by atoms with Crippen LogP contribution in [0.25, 0.3) is 0 Å². The number of hydrogen-bond acceptors (Lipinski definition) is 5. The van der Waals surface area contributed by atoms with E-state index in [0.717, 1.165) is 32.2 Å². The van der Waals surface area contributed by atoms with Crippen LogP contribution in [0.15, 0.2) is 6.20 Å². The van der Waals surface area contributed by atoms with Gasteiger partial charge in [-0.2, -0.15) is 4.98 Å². The molecule has 126 valence electrons. The summed E-state index contributed by atoms with van der Waals surface area (Å²) in [7, 11) is 0. The molecule has 0 amide bonds. The van der Waals surface area contributed by atoms with Crippen molar-refractivity contribution in [2.75, 3.05) is 25.0 Å². The molecule has 1 aliphatic carbocycles. The molecule has 2 fully saturated rings. The van der Waals surface area contributed by atoms with Crippen LogP contribution in [0.1, 0.15) is 38.5 Å². The molecule has 2 aliphatic rings. The number of nitrogens with zero attached hydrogens (tertiary/aromatic N) is 3. The van der Waals surface area contributed by atoms with Crippen LogP contribution in [0.2, 0.25) is 10.3 Å². The molecule has 1 aromatic rings. The maximum Gasteiger partial charge on any atom is 0.224 e. The van der Waals surface area contributed by atoms with Gasteiger partial charge in [-0.3, -0.25) is 4.90 Å². The number of piperidine rings is 1. The summed E-state index contributed by atoms with van der Waals surface area (Å²) >= 11 is 12.0. The highest BCUT2D eigenvalue weighted by molar-refractivity contribution is 6.33. The minimum Gasteiger partial charge on any atom is -0.366 e. The zero-order chi connectivity index (χ0) is 16.3. The molecule has 1 aliphatic heterocycles. The van der Waals surface area contributed by atoms with Crippen molar-refractivity contribution in [1.29, 1.82) is 0 Å². The second-order valence-electron chi connectivity index (χ2n) is 6.72. The quantitative estimate of drug-likeness (QED) is 0.661. The lowest BCUT2D eigenvalue weighted by molar-refractivity contribution is -0.109. The number of anilines is 1. The first-order chi connectivity index (χ1) is 11.1. The van der Waals surface area contributed by atoms with Crippen LogP contribution < -0.4 is 5.32 Å². The summed E-state index contributed by atoms with van der Waals surface area (Å²) in [4.78, 5) is 20.9. The lowest BCUT2D eigenvalue weighted by Gasteiger charge is -2.45. The summed E-state index contributed by atoms with van der Waals surface area (Å²) in [6.45, 7) is 2.67. The van der Waals surface area contributed by atoms with E-state index in [9.17, 15) is 4.79 Å². The summed E-state index contributed by atoms with van der Waals surface area (Å²) in [6, 6.07) is 0.386. The monoisotopic (exact) mass is 356 g/mol. The number of carbonyl (C=O) groups is 1. The topological polar surface area (TPSA) is 58.1 Å². The number of halogens is 2. The first kappa shape index (κ1) is 16.9. The number of likely N-dealkylation sites (tertiary alicyclic amines) is 1. The molecule has 2 heterocycles. The predicted molar refractivity (Wildman–Crippen MR) is 92.1 cm³/mol. The van der Waals surface area contributed by atoms with Gasteiger partial charge in [-0.25, -0.2) is 4.98 Å². The Morgan fingerprint density at radius 3 is 2.61 bits per heavy atom. The van der Waals surface area contributed by atoms with Crippen LogP contribution in [-0.2, 0) is 4.79 Å². The van der Waals surface area contributed by atoms with E-state index in [1.54, 1.807) is 0 Å². The number of nitrogens with one attached hydrogen (secondary N) is 1. The molecule has 23 heavy (non-hydrogen) atoms. The Kier molecular flexibility index (Phi) is 5.39. The van der Waals surface area contributed by atoms with Gasteiger partial charge in [-0.1, -0.05) is 11.6 Å². The van der Waals surface area contributed by atoms with Gasteiger partial charge >= 0.3 is 0 Å². The Bertz CT molecular complexity index is 551. The number of carbonyl (C=O) groups excluding carboxylic acids is 1. The molecular formula is C16H22Cl2N4O. The molecule has 0 unspecified atom stereocenters. The van der Waals surface area contributed by atoms with Crippen LogP contribution in [-0.4, -0.2) is 46.8 Å². The third-order valence-corrected chi connectivity index (χ3v) is 5.81. The molecule has 1 aromatic heterocycles. The molecule has 3 rings (SSSR count). The van der Waals surface area contributed by atoms with Gasteiger partial charge in [0.05, 0.1) is 12.7 Å². The van der Waals surface area contributed by atoms with Crippen LogP contribution >= 0.6 is 23.2 Å². The molecule has 1 saturated heterocycles. The molecule has 0 aromatic carbocycles. The fourth-order valence-corrected chi connectivity index (χ4v) is 4.11. The first-order valence-electron chi connectivity index (χ1n) is 8.21. The SMILES string of the molecule is O=CCN1CCC2(CCC(Nc3nc(Cl)ncc3Cl)CC2)CC1. The van der Waals surface area contributed by atoms with Crippen molar-refractivity contribution in [1.82, 2.24) is 14.9 Å². The largest absolute Gasteiger partial charge is 0.366 e. The summed E-state index contributed by atoms with van der Waals surface area (Å²) in [5, 5.41) is 4.14. The van der Waals surface area contributed by atoms with E-state index >= 15 is 0 Å². The Morgan fingerprint density at radius 2 is 1.96 bits per heavy atom. The van der Waals surface area contributed by atoms with E-state index in [2.05, 4.69) is 20.2 Å².